The summed E-state index contributed by atoms with van der Waals surface area (Å²) in [6.45, 7) is 3.99. The predicted octanol–water partition coefficient (Wildman–Crippen LogP) is 2.36. The van der Waals surface area contributed by atoms with Crippen molar-refractivity contribution < 1.29 is 9.53 Å². The number of hydrogen-bond acceptors (Lipinski definition) is 4. The van der Waals surface area contributed by atoms with Crippen LogP contribution in [-0.4, -0.2) is 22.1 Å². The summed E-state index contributed by atoms with van der Waals surface area (Å²) in [5.74, 6) is 0.706. The van der Waals surface area contributed by atoms with Gasteiger partial charge in [-0.25, -0.2) is 4.98 Å². The third-order valence-corrected chi connectivity index (χ3v) is 4.39. The number of ether oxygens (including phenoxy) is 1. The maximum atomic E-state index is 12.3. The summed E-state index contributed by atoms with van der Waals surface area (Å²) < 4.78 is 7.33. The van der Waals surface area contributed by atoms with Crippen LogP contribution in [0.25, 0.3) is 0 Å². The molecular formula is C14H17N3O2S. The highest BCUT2D eigenvalue weighted by atomic mass is 32.1. The number of nitrogens with one attached hydrogen (secondary N) is 1. The molecular weight excluding hydrogens is 274 g/mol. The number of carbonyl (C=O) groups excluding carboxylic acids is 1. The Labute approximate surface area is 121 Å². The van der Waals surface area contributed by atoms with E-state index in [1.807, 2.05) is 28.3 Å². The largest absolute Gasteiger partial charge is 0.372 e. The van der Waals surface area contributed by atoms with Crippen LogP contribution in [0.3, 0.4) is 0 Å². The molecule has 0 spiro atoms. The molecule has 5 nitrogen and oxygen atoms in total. The minimum Gasteiger partial charge on any atom is -0.372 e. The molecule has 2 aromatic heterocycles. The van der Waals surface area contributed by atoms with Gasteiger partial charge in [0.15, 0.2) is 0 Å². The van der Waals surface area contributed by atoms with Crippen molar-refractivity contribution in [3.05, 3.63) is 40.1 Å². The molecule has 3 rings (SSSR count). The van der Waals surface area contributed by atoms with Crippen LogP contribution in [0, 0.1) is 0 Å². The van der Waals surface area contributed by atoms with E-state index < -0.39 is 0 Å². The zero-order valence-electron chi connectivity index (χ0n) is 11.3. The van der Waals surface area contributed by atoms with Gasteiger partial charge in [0.1, 0.15) is 18.1 Å². The minimum absolute atomic E-state index is 0.0532. The predicted molar refractivity (Wildman–Crippen MR) is 76.7 cm³/mol. The van der Waals surface area contributed by atoms with E-state index in [4.69, 9.17) is 4.74 Å². The van der Waals surface area contributed by atoms with Crippen LogP contribution in [0.5, 0.6) is 0 Å². The Morgan fingerprint density at radius 3 is 3.25 bits per heavy atom. The van der Waals surface area contributed by atoms with E-state index in [1.165, 1.54) is 4.88 Å². The van der Waals surface area contributed by atoms with Gasteiger partial charge in [0.25, 0.3) is 5.91 Å². The fourth-order valence-corrected chi connectivity index (χ4v) is 3.16. The lowest BCUT2D eigenvalue weighted by Crippen LogP contribution is -2.27. The lowest BCUT2D eigenvalue weighted by atomic mass is 10.2. The molecule has 1 atom stereocenters. The quantitative estimate of drug-likeness (QED) is 0.941. The molecule has 1 aliphatic rings. The molecule has 2 aromatic rings. The van der Waals surface area contributed by atoms with Crippen molar-refractivity contribution >= 4 is 17.2 Å². The molecule has 0 radical (unpaired) electrons. The van der Waals surface area contributed by atoms with Crippen molar-refractivity contribution in [2.24, 2.45) is 0 Å². The molecule has 0 unspecified atom stereocenters. The summed E-state index contributed by atoms with van der Waals surface area (Å²) in [5.41, 5.74) is 0.473. The van der Waals surface area contributed by atoms with Crippen LogP contribution < -0.4 is 5.32 Å². The standard InChI is InChI=1S/C14H17N3O2S/c1-2-10(12-4-3-7-20-12)16-14(18)11-8-17-5-6-19-9-13(17)15-11/h3-4,7-8,10H,2,5-6,9H2,1H3,(H,16,18)/t10-/m0/s1. The molecule has 0 aliphatic carbocycles. The van der Waals surface area contributed by atoms with Crippen LogP contribution in [-0.2, 0) is 17.9 Å². The summed E-state index contributed by atoms with van der Waals surface area (Å²) in [5, 5.41) is 5.07. The Morgan fingerprint density at radius 1 is 1.65 bits per heavy atom. The van der Waals surface area contributed by atoms with Crippen LogP contribution in [0.4, 0.5) is 0 Å². The first-order valence-corrected chi connectivity index (χ1v) is 7.64. The normalized spacial score (nSPS) is 15.7. The molecule has 106 valence electrons. The number of thiophene rings is 1. The van der Waals surface area contributed by atoms with E-state index in [0.717, 1.165) is 18.8 Å². The van der Waals surface area contributed by atoms with Gasteiger partial charge in [-0.3, -0.25) is 4.79 Å². The third kappa shape index (κ3) is 2.62. The smallest absolute Gasteiger partial charge is 0.271 e. The van der Waals surface area contributed by atoms with Crippen LogP contribution in [0.2, 0.25) is 0 Å². The summed E-state index contributed by atoms with van der Waals surface area (Å²) in [7, 11) is 0. The van der Waals surface area contributed by atoms with E-state index >= 15 is 0 Å². The number of aromatic nitrogens is 2. The Balaban J connectivity index is 1.74. The molecule has 1 amide bonds. The highest BCUT2D eigenvalue weighted by Crippen LogP contribution is 2.22. The van der Waals surface area contributed by atoms with Crippen molar-refractivity contribution in [3.63, 3.8) is 0 Å². The SMILES string of the molecule is CC[C@H](NC(=O)c1cn2c(n1)COCC2)c1cccs1. The molecule has 20 heavy (non-hydrogen) atoms. The summed E-state index contributed by atoms with van der Waals surface area (Å²) >= 11 is 1.66. The van der Waals surface area contributed by atoms with Crippen molar-refractivity contribution in [2.75, 3.05) is 6.61 Å². The molecule has 0 fully saturated rings. The van der Waals surface area contributed by atoms with Gasteiger partial charge in [0.05, 0.1) is 12.6 Å². The number of imidazole rings is 1. The lowest BCUT2D eigenvalue weighted by Gasteiger charge is -2.14. The molecule has 1 aliphatic heterocycles. The fraction of sp³-hybridized carbons (Fsp3) is 0.429. The van der Waals surface area contributed by atoms with Crippen LogP contribution >= 0.6 is 11.3 Å². The first kappa shape index (κ1) is 13.3. The molecule has 3 heterocycles. The first-order chi connectivity index (χ1) is 9.78. The van der Waals surface area contributed by atoms with Gasteiger partial charge in [-0.1, -0.05) is 13.0 Å². The summed E-state index contributed by atoms with van der Waals surface area (Å²) in [6.07, 6.45) is 2.68. The maximum Gasteiger partial charge on any atom is 0.271 e. The lowest BCUT2D eigenvalue weighted by molar-refractivity contribution is 0.0815. The highest BCUT2D eigenvalue weighted by molar-refractivity contribution is 7.10. The number of nitrogens with zero attached hydrogens (tertiary/aromatic N) is 2. The van der Waals surface area contributed by atoms with E-state index in [-0.39, 0.29) is 11.9 Å². The summed E-state index contributed by atoms with van der Waals surface area (Å²) in [6, 6.07) is 4.10. The second-order valence-corrected chi connectivity index (χ2v) is 5.72. The topological polar surface area (TPSA) is 56.2 Å². The molecule has 1 N–H and O–H groups in total. The van der Waals surface area contributed by atoms with Gasteiger partial charge in [-0.15, -0.1) is 11.3 Å². The Kier molecular flexibility index (Phi) is 3.84. The number of carbonyl (C=O) groups is 1. The van der Waals surface area contributed by atoms with Crippen LogP contribution in [0.1, 0.15) is 40.6 Å². The van der Waals surface area contributed by atoms with Gasteiger partial charge in [-0.05, 0) is 17.9 Å². The molecule has 0 aromatic carbocycles. The van der Waals surface area contributed by atoms with E-state index in [0.29, 0.717) is 18.9 Å². The second kappa shape index (κ2) is 5.76. The number of hydrogen-bond donors (Lipinski definition) is 1. The van der Waals surface area contributed by atoms with Crippen molar-refractivity contribution in [1.29, 1.82) is 0 Å². The third-order valence-electron chi connectivity index (χ3n) is 3.40. The van der Waals surface area contributed by atoms with Gasteiger partial charge < -0.3 is 14.6 Å². The van der Waals surface area contributed by atoms with E-state index in [9.17, 15) is 4.79 Å². The highest BCUT2D eigenvalue weighted by Gasteiger charge is 2.20. The monoisotopic (exact) mass is 291 g/mol. The molecule has 0 saturated heterocycles. The average Bonchev–Trinajstić information content (AvgIpc) is 3.13. The fourth-order valence-electron chi connectivity index (χ4n) is 2.29. The number of amides is 1. The van der Waals surface area contributed by atoms with Gasteiger partial charge in [0.2, 0.25) is 0 Å². The zero-order chi connectivity index (χ0) is 13.9. The molecule has 6 heteroatoms. The van der Waals surface area contributed by atoms with Gasteiger partial charge >= 0.3 is 0 Å². The number of fused-ring (bicyclic) bond motifs is 1. The Bertz CT molecular complexity index is 568. The van der Waals surface area contributed by atoms with Gasteiger partial charge in [-0.2, -0.15) is 0 Å². The Hall–Kier alpha value is -1.66. The molecule has 0 saturated carbocycles. The Morgan fingerprint density at radius 2 is 2.55 bits per heavy atom. The maximum absolute atomic E-state index is 12.3. The second-order valence-electron chi connectivity index (χ2n) is 4.74. The van der Waals surface area contributed by atoms with E-state index in [1.54, 1.807) is 11.3 Å². The number of rotatable bonds is 4. The minimum atomic E-state index is -0.118. The summed E-state index contributed by atoms with van der Waals surface area (Å²) in [4.78, 5) is 17.8. The van der Waals surface area contributed by atoms with Crippen LogP contribution in [0.15, 0.2) is 23.7 Å². The average molecular weight is 291 g/mol. The van der Waals surface area contributed by atoms with Gasteiger partial charge in [0, 0.05) is 17.6 Å². The zero-order valence-corrected chi connectivity index (χ0v) is 12.2. The van der Waals surface area contributed by atoms with E-state index in [2.05, 4.69) is 17.2 Å². The molecule has 0 bridgehead atoms. The van der Waals surface area contributed by atoms with Crippen molar-refractivity contribution in [2.45, 2.75) is 32.5 Å². The van der Waals surface area contributed by atoms with Crippen molar-refractivity contribution in [3.8, 4) is 0 Å². The first-order valence-electron chi connectivity index (χ1n) is 6.76. The van der Waals surface area contributed by atoms with Crippen molar-refractivity contribution in [1.82, 2.24) is 14.9 Å².